The Hall–Kier alpha value is -3.84. The van der Waals surface area contributed by atoms with Crippen molar-refractivity contribution in [1.82, 2.24) is 0 Å². The van der Waals surface area contributed by atoms with Crippen molar-refractivity contribution in [3.63, 3.8) is 0 Å². The molecule has 0 atom stereocenters. The molecule has 154 valence electrons. The van der Waals surface area contributed by atoms with E-state index in [9.17, 15) is 9.59 Å². The maximum atomic E-state index is 12.9. The number of anilines is 1. The molecule has 31 heavy (non-hydrogen) atoms. The van der Waals surface area contributed by atoms with E-state index >= 15 is 0 Å². The Morgan fingerprint density at radius 1 is 0.968 bits per heavy atom. The summed E-state index contributed by atoms with van der Waals surface area (Å²) in [5, 5.41) is 9.01. The number of carboxylic acids is 1. The maximum Gasteiger partial charge on any atom is 0.335 e. The number of carboxylic acid groups (broad SMARTS) is 1. The van der Waals surface area contributed by atoms with E-state index in [-0.39, 0.29) is 16.9 Å². The van der Waals surface area contributed by atoms with Crippen LogP contribution in [0, 0.1) is 11.8 Å². The Bertz CT molecular complexity index is 1200. The molecule has 0 radical (unpaired) electrons. The molecule has 0 saturated heterocycles. The van der Waals surface area contributed by atoms with E-state index in [1.165, 1.54) is 0 Å². The number of aromatic carboxylic acids is 1. The quantitative estimate of drug-likeness (QED) is 0.620. The lowest BCUT2D eigenvalue weighted by Crippen LogP contribution is -2.41. The lowest BCUT2D eigenvalue weighted by molar-refractivity contribution is -0.120. The Kier molecular flexibility index (Phi) is 5.35. The summed E-state index contributed by atoms with van der Waals surface area (Å²) in [6, 6.07) is 22.5. The van der Waals surface area contributed by atoms with Crippen LogP contribution in [0.4, 0.5) is 5.69 Å². The van der Waals surface area contributed by atoms with Crippen molar-refractivity contribution in [2.24, 2.45) is 0 Å². The molecule has 1 aliphatic rings. The molecule has 0 fully saturated rings. The molecule has 1 amide bonds. The van der Waals surface area contributed by atoms with Gasteiger partial charge in [-0.15, -0.1) is 0 Å². The highest BCUT2D eigenvalue weighted by Gasteiger charge is 2.36. The molecule has 4 rings (SSSR count). The molecule has 1 N–H and O–H groups in total. The fourth-order valence-electron chi connectivity index (χ4n) is 3.87. The normalized spacial score (nSPS) is 14.4. The summed E-state index contributed by atoms with van der Waals surface area (Å²) in [6.45, 7) is 4.72. The van der Waals surface area contributed by atoms with Crippen molar-refractivity contribution in [1.29, 1.82) is 0 Å². The summed E-state index contributed by atoms with van der Waals surface area (Å²) in [5.74, 6) is 5.44. The van der Waals surface area contributed by atoms with Crippen LogP contribution in [0.25, 0.3) is 0 Å². The third kappa shape index (κ3) is 4.36. The van der Waals surface area contributed by atoms with Gasteiger partial charge in [-0.25, -0.2) is 4.79 Å². The summed E-state index contributed by atoms with van der Waals surface area (Å²) in [7, 11) is 0. The fraction of sp³-hybridized carbons (Fsp3) is 0.185. The van der Waals surface area contributed by atoms with Crippen molar-refractivity contribution >= 4 is 17.6 Å². The number of carbonyl (C=O) groups is 2. The van der Waals surface area contributed by atoms with Crippen LogP contribution in [0.15, 0.2) is 72.8 Å². The second-order valence-electron chi connectivity index (χ2n) is 8.39. The monoisotopic (exact) mass is 409 g/mol. The summed E-state index contributed by atoms with van der Waals surface area (Å²) >= 11 is 0. The van der Waals surface area contributed by atoms with E-state index in [4.69, 9.17) is 5.11 Å². The third-order valence-corrected chi connectivity index (χ3v) is 5.58. The van der Waals surface area contributed by atoms with Crippen molar-refractivity contribution in [3.8, 4) is 11.8 Å². The van der Waals surface area contributed by atoms with Gasteiger partial charge in [-0.1, -0.05) is 56.0 Å². The standard InChI is InChI=1S/C27H23NO3/c1-27(2)17-25(29)28(18-21-6-4-3-5-7-21)24-15-12-20(16-23(24)27)9-8-19-10-13-22(14-11-19)26(30)31/h3-7,10-16H,17-18H2,1-2H3,(H,30,31). The smallest absolute Gasteiger partial charge is 0.335 e. The predicted octanol–water partition coefficient (Wildman–Crippen LogP) is 5.00. The van der Waals surface area contributed by atoms with Crippen LogP contribution in [0.5, 0.6) is 0 Å². The third-order valence-electron chi connectivity index (χ3n) is 5.58. The first-order valence-electron chi connectivity index (χ1n) is 10.2. The Morgan fingerprint density at radius 2 is 1.61 bits per heavy atom. The predicted molar refractivity (Wildman–Crippen MR) is 121 cm³/mol. The van der Waals surface area contributed by atoms with Gasteiger partial charge in [0, 0.05) is 28.7 Å². The largest absolute Gasteiger partial charge is 0.478 e. The molecule has 4 nitrogen and oxygen atoms in total. The van der Waals surface area contributed by atoms with Crippen molar-refractivity contribution in [2.45, 2.75) is 32.2 Å². The SMILES string of the molecule is CC1(C)CC(=O)N(Cc2ccccc2)c2ccc(C#Cc3ccc(C(=O)O)cc3)cc21. The number of nitrogens with zero attached hydrogens (tertiary/aromatic N) is 1. The highest BCUT2D eigenvalue weighted by atomic mass is 16.4. The zero-order valence-corrected chi connectivity index (χ0v) is 17.6. The molecule has 0 unspecified atom stereocenters. The van der Waals surface area contributed by atoms with E-state index in [1.54, 1.807) is 24.3 Å². The first-order chi connectivity index (χ1) is 14.8. The van der Waals surface area contributed by atoms with Gasteiger partial charge >= 0.3 is 5.97 Å². The van der Waals surface area contributed by atoms with Gasteiger partial charge in [0.15, 0.2) is 0 Å². The van der Waals surface area contributed by atoms with E-state index in [1.807, 2.05) is 47.4 Å². The first kappa shape index (κ1) is 20.4. The maximum absolute atomic E-state index is 12.9. The average molecular weight is 409 g/mol. The number of fused-ring (bicyclic) bond motifs is 1. The van der Waals surface area contributed by atoms with E-state index in [0.29, 0.717) is 13.0 Å². The van der Waals surface area contributed by atoms with Gasteiger partial charge in [-0.3, -0.25) is 4.79 Å². The Balaban J connectivity index is 1.66. The highest BCUT2D eigenvalue weighted by molar-refractivity contribution is 5.98. The molecule has 0 spiro atoms. The number of amides is 1. The number of rotatable bonds is 3. The number of carbonyl (C=O) groups excluding carboxylic acids is 1. The zero-order valence-electron chi connectivity index (χ0n) is 17.6. The summed E-state index contributed by atoms with van der Waals surface area (Å²) in [5.41, 5.74) is 4.71. The van der Waals surface area contributed by atoms with Crippen molar-refractivity contribution < 1.29 is 14.7 Å². The van der Waals surface area contributed by atoms with Crippen LogP contribution in [-0.4, -0.2) is 17.0 Å². The van der Waals surface area contributed by atoms with E-state index in [0.717, 1.165) is 27.9 Å². The van der Waals surface area contributed by atoms with E-state index < -0.39 is 5.97 Å². The van der Waals surface area contributed by atoms with Crippen molar-refractivity contribution in [2.75, 3.05) is 4.90 Å². The summed E-state index contributed by atoms with van der Waals surface area (Å²) in [4.78, 5) is 25.8. The molecule has 0 aromatic heterocycles. The lowest BCUT2D eigenvalue weighted by Gasteiger charge is -2.38. The molecule has 3 aromatic carbocycles. The molecule has 1 aliphatic heterocycles. The minimum absolute atomic E-state index is 0.124. The molecule has 1 heterocycles. The van der Waals surface area contributed by atoms with Gasteiger partial charge in [-0.05, 0) is 53.6 Å². The van der Waals surface area contributed by atoms with Crippen molar-refractivity contribution in [3.05, 3.63) is 101 Å². The fourth-order valence-corrected chi connectivity index (χ4v) is 3.87. The van der Waals surface area contributed by atoms with Gasteiger partial charge in [0.1, 0.15) is 0 Å². The van der Waals surface area contributed by atoms with E-state index in [2.05, 4.69) is 31.8 Å². The zero-order chi connectivity index (χ0) is 22.0. The van der Waals surface area contributed by atoms with Gasteiger partial charge in [0.2, 0.25) is 5.91 Å². The molecule has 4 heteroatoms. The van der Waals surface area contributed by atoms with Crippen LogP contribution in [-0.2, 0) is 16.8 Å². The average Bonchev–Trinajstić information content (AvgIpc) is 2.76. The second kappa shape index (κ2) is 8.12. The van der Waals surface area contributed by atoms with Crippen LogP contribution in [0.3, 0.4) is 0 Å². The minimum atomic E-state index is -0.953. The summed E-state index contributed by atoms with van der Waals surface area (Å²) < 4.78 is 0. The highest BCUT2D eigenvalue weighted by Crippen LogP contribution is 2.41. The minimum Gasteiger partial charge on any atom is -0.478 e. The number of hydrogen-bond acceptors (Lipinski definition) is 2. The van der Waals surface area contributed by atoms with Gasteiger partial charge in [0.05, 0.1) is 12.1 Å². The van der Waals surface area contributed by atoms with Crippen LogP contribution in [0.1, 0.15) is 52.9 Å². The first-order valence-corrected chi connectivity index (χ1v) is 10.2. The second-order valence-corrected chi connectivity index (χ2v) is 8.39. The molecular weight excluding hydrogens is 386 g/mol. The topological polar surface area (TPSA) is 57.6 Å². The molecule has 0 aliphatic carbocycles. The lowest BCUT2D eigenvalue weighted by atomic mass is 9.76. The van der Waals surface area contributed by atoms with Crippen LogP contribution >= 0.6 is 0 Å². The van der Waals surface area contributed by atoms with Gasteiger partial charge < -0.3 is 10.0 Å². The molecule has 3 aromatic rings. The van der Waals surface area contributed by atoms with Crippen LogP contribution in [0.2, 0.25) is 0 Å². The van der Waals surface area contributed by atoms with Gasteiger partial charge in [-0.2, -0.15) is 0 Å². The molecule has 0 saturated carbocycles. The molecule has 0 bridgehead atoms. The number of benzene rings is 3. The molecular formula is C27H23NO3. The Morgan fingerprint density at radius 3 is 2.29 bits per heavy atom. The summed E-state index contributed by atoms with van der Waals surface area (Å²) in [6.07, 6.45) is 0.445. The number of hydrogen-bond donors (Lipinski definition) is 1. The Labute approximate surface area is 182 Å². The van der Waals surface area contributed by atoms with Gasteiger partial charge in [0.25, 0.3) is 0 Å². The van der Waals surface area contributed by atoms with Crippen LogP contribution < -0.4 is 4.90 Å².